The van der Waals surface area contributed by atoms with Crippen molar-refractivity contribution in [2.45, 2.75) is 57.5 Å². The van der Waals surface area contributed by atoms with Crippen LogP contribution in [0.4, 0.5) is 23.8 Å². The van der Waals surface area contributed by atoms with E-state index in [0.29, 0.717) is 25.9 Å². The van der Waals surface area contributed by atoms with E-state index in [2.05, 4.69) is 27.5 Å². The Morgan fingerprint density at radius 1 is 1.31 bits per heavy atom. The third kappa shape index (κ3) is 6.76. The monoisotopic (exact) mass is 512 g/mol. The van der Waals surface area contributed by atoms with Crippen molar-refractivity contribution in [1.29, 1.82) is 0 Å². The summed E-state index contributed by atoms with van der Waals surface area (Å²) in [6.07, 6.45) is -4.90. The van der Waals surface area contributed by atoms with Crippen molar-refractivity contribution < 1.29 is 32.6 Å². The summed E-state index contributed by atoms with van der Waals surface area (Å²) in [6.45, 7) is 5.35. The van der Waals surface area contributed by atoms with Crippen LogP contribution in [0, 0.1) is 11.8 Å². The van der Waals surface area contributed by atoms with Gasteiger partial charge in [0.1, 0.15) is 17.5 Å². The van der Waals surface area contributed by atoms with Crippen LogP contribution in [-0.2, 0) is 10.9 Å². The average molecular weight is 513 g/mol. The van der Waals surface area contributed by atoms with E-state index in [-0.39, 0.29) is 21.6 Å². The van der Waals surface area contributed by atoms with Gasteiger partial charge in [-0.2, -0.15) is 13.2 Å². The van der Waals surface area contributed by atoms with Crippen LogP contribution in [0.25, 0.3) is 10.2 Å². The summed E-state index contributed by atoms with van der Waals surface area (Å²) in [5.74, 6) is 4.94. The van der Waals surface area contributed by atoms with Gasteiger partial charge >= 0.3 is 12.3 Å². The van der Waals surface area contributed by atoms with Gasteiger partial charge < -0.3 is 25.4 Å². The summed E-state index contributed by atoms with van der Waals surface area (Å²) in [5, 5.41) is 16.0. The van der Waals surface area contributed by atoms with Crippen molar-refractivity contribution in [1.82, 2.24) is 15.6 Å². The highest BCUT2D eigenvalue weighted by molar-refractivity contribution is 7.17. The summed E-state index contributed by atoms with van der Waals surface area (Å²) < 4.78 is 46.6. The van der Waals surface area contributed by atoms with Gasteiger partial charge in [-0.15, -0.1) is 11.3 Å². The number of carbonyl (C=O) groups is 2. The second-order valence-corrected chi connectivity index (χ2v) is 9.60. The first-order valence-corrected chi connectivity index (χ1v) is 11.8. The van der Waals surface area contributed by atoms with Gasteiger partial charge in [-0.3, -0.25) is 4.79 Å². The highest BCUT2D eigenvalue weighted by Gasteiger charge is 2.36. The molecule has 3 N–H and O–H groups in total. The minimum absolute atomic E-state index is 0.0121. The van der Waals surface area contributed by atoms with Crippen LogP contribution in [0.3, 0.4) is 0 Å². The molecule has 0 bridgehead atoms. The molecule has 0 unspecified atom stereocenters. The Labute approximate surface area is 204 Å². The maximum atomic E-state index is 13.8. The fourth-order valence-electron chi connectivity index (χ4n) is 3.55. The summed E-state index contributed by atoms with van der Waals surface area (Å²) in [6, 6.07) is 0.467. The number of alkyl carbamates (subject to hydrolysis) is 1. The van der Waals surface area contributed by atoms with Crippen molar-refractivity contribution in [3.05, 3.63) is 22.6 Å². The van der Waals surface area contributed by atoms with E-state index in [1.165, 1.54) is 26.3 Å². The lowest BCUT2D eigenvalue weighted by Crippen LogP contribution is -2.41. The van der Waals surface area contributed by atoms with Crippen molar-refractivity contribution in [3.63, 3.8) is 0 Å². The maximum Gasteiger partial charge on any atom is 0.417 e. The molecule has 8 nitrogen and oxygen atoms in total. The number of thiophene rings is 1. The first-order chi connectivity index (χ1) is 16.3. The number of aromatic nitrogens is 1. The van der Waals surface area contributed by atoms with Gasteiger partial charge in [-0.25, -0.2) is 9.78 Å². The van der Waals surface area contributed by atoms with Crippen LogP contribution >= 0.6 is 11.3 Å². The summed E-state index contributed by atoms with van der Waals surface area (Å²) in [7, 11) is 1.40. The fraction of sp³-hybridized carbons (Fsp3) is 0.522. The van der Waals surface area contributed by atoms with E-state index in [1.54, 1.807) is 11.8 Å². The van der Waals surface area contributed by atoms with Gasteiger partial charge in [-0.1, -0.05) is 11.8 Å². The Hall–Kier alpha value is -3.04. The predicted octanol–water partition coefficient (Wildman–Crippen LogP) is 3.53. The fourth-order valence-corrected chi connectivity index (χ4v) is 4.57. The summed E-state index contributed by atoms with van der Waals surface area (Å²) in [4.78, 5) is 30.4. The molecule has 1 saturated heterocycles. The normalized spacial score (nSPS) is 15.8. The zero-order valence-corrected chi connectivity index (χ0v) is 20.6. The zero-order valence-electron chi connectivity index (χ0n) is 19.7. The molecule has 1 aliphatic rings. The number of amides is 2. The van der Waals surface area contributed by atoms with Crippen LogP contribution < -0.4 is 15.5 Å². The number of nitrogens with zero attached hydrogens (tertiary/aromatic N) is 2. The van der Waals surface area contributed by atoms with E-state index in [9.17, 15) is 27.9 Å². The van der Waals surface area contributed by atoms with Gasteiger partial charge in [0.05, 0.1) is 27.4 Å². The number of aliphatic hydroxyl groups is 1. The molecule has 12 heteroatoms. The van der Waals surface area contributed by atoms with E-state index in [1.807, 2.05) is 0 Å². The minimum Gasteiger partial charge on any atom is -0.446 e. The van der Waals surface area contributed by atoms with Crippen LogP contribution in [0.5, 0.6) is 0 Å². The summed E-state index contributed by atoms with van der Waals surface area (Å²) in [5.41, 5.74) is -1.91. The molecule has 0 saturated carbocycles. The molecule has 3 heterocycles. The zero-order chi connectivity index (χ0) is 26.0. The van der Waals surface area contributed by atoms with Gasteiger partial charge in [0, 0.05) is 38.4 Å². The molecular weight excluding hydrogens is 485 g/mol. The molecule has 35 heavy (non-hydrogen) atoms. The number of fused-ring (bicyclic) bond motifs is 1. The molecular formula is C23H27F3N4O4S. The van der Waals surface area contributed by atoms with Crippen molar-refractivity contribution in [3.8, 4) is 11.8 Å². The largest absolute Gasteiger partial charge is 0.446 e. The molecule has 0 spiro atoms. The highest BCUT2D eigenvalue weighted by Crippen LogP contribution is 2.40. The van der Waals surface area contributed by atoms with Crippen molar-refractivity contribution in [2.24, 2.45) is 0 Å². The number of halogens is 3. The van der Waals surface area contributed by atoms with Gasteiger partial charge in [0.25, 0.3) is 5.91 Å². The molecule has 2 aromatic heterocycles. The summed E-state index contributed by atoms with van der Waals surface area (Å²) >= 11 is 0.833. The van der Waals surface area contributed by atoms with E-state index in [4.69, 9.17) is 4.74 Å². The first-order valence-electron chi connectivity index (χ1n) is 11.0. The van der Waals surface area contributed by atoms with E-state index < -0.39 is 41.5 Å². The Bertz CT molecular complexity index is 1160. The molecule has 2 amide bonds. The number of alkyl halides is 3. The standard InChI is InChI=1S/C23H27F3N4O4S/c1-13(5-8-22(2,3)33)28-21(32)34-14-6-9-30(10-7-14)17-11-16(23(24,25)26)19-18(29-17)15(12-35-19)20(31)27-4/h11-14,33H,6-7,9-10H2,1-4H3,(H,27,31)(H,28,32)/t13-/m1/s1. The molecule has 0 aromatic carbocycles. The number of ether oxygens (including phenoxy) is 1. The smallest absolute Gasteiger partial charge is 0.417 e. The number of carbonyl (C=O) groups excluding carboxylic acids is 2. The molecule has 1 fully saturated rings. The number of rotatable bonds is 4. The third-order valence-corrected chi connectivity index (χ3v) is 6.26. The predicted molar refractivity (Wildman–Crippen MR) is 126 cm³/mol. The lowest BCUT2D eigenvalue weighted by Gasteiger charge is -2.33. The maximum absolute atomic E-state index is 13.8. The second kappa shape index (κ2) is 10.3. The Morgan fingerprint density at radius 3 is 2.54 bits per heavy atom. The van der Waals surface area contributed by atoms with Crippen molar-refractivity contribution >= 4 is 39.4 Å². The van der Waals surface area contributed by atoms with E-state index in [0.717, 1.165) is 17.4 Å². The van der Waals surface area contributed by atoms with E-state index >= 15 is 0 Å². The topological polar surface area (TPSA) is 104 Å². The van der Waals surface area contributed by atoms with Gasteiger partial charge in [0.2, 0.25) is 0 Å². The Kier molecular flexibility index (Phi) is 7.81. The van der Waals surface area contributed by atoms with Crippen LogP contribution in [0.1, 0.15) is 49.5 Å². The molecule has 0 aliphatic carbocycles. The lowest BCUT2D eigenvalue weighted by molar-refractivity contribution is -0.136. The molecule has 3 rings (SSSR count). The lowest BCUT2D eigenvalue weighted by atomic mass is 10.1. The number of pyridine rings is 1. The molecule has 1 aliphatic heterocycles. The second-order valence-electron chi connectivity index (χ2n) is 8.72. The van der Waals surface area contributed by atoms with Crippen LogP contribution in [0.15, 0.2) is 11.4 Å². The number of hydrogen-bond donors (Lipinski definition) is 3. The first kappa shape index (κ1) is 26.6. The number of piperidine rings is 1. The minimum atomic E-state index is -4.61. The third-order valence-electron chi connectivity index (χ3n) is 5.25. The molecule has 1 atom stereocenters. The SMILES string of the molecule is CNC(=O)c1csc2c(C(F)(F)F)cc(N3CCC(OC(=O)N[C@H](C)C#CC(C)(C)O)CC3)nc12. The Balaban J connectivity index is 1.70. The number of hydrogen-bond acceptors (Lipinski definition) is 7. The number of nitrogens with one attached hydrogen (secondary N) is 2. The molecule has 190 valence electrons. The van der Waals surface area contributed by atoms with Crippen LogP contribution in [0.2, 0.25) is 0 Å². The van der Waals surface area contributed by atoms with Crippen molar-refractivity contribution in [2.75, 3.05) is 25.0 Å². The van der Waals surface area contributed by atoms with Gasteiger partial charge in [0.15, 0.2) is 0 Å². The molecule has 0 radical (unpaired) electrons. The molecule has 2 aromatic rings. The average Bonchev–Trinajstić information content (AvgIpc) is 3.19. The van der Waals surface area contributed by atoms with Gasteiger partial charge in [-0.05, 0) is 26.8 Å². The quantitative estimate of drug-likeness (QED) is 0.542. The Morgan fingerprint density at radius 2 is 1.97 bits per heavy atom. The van der Waals surface area contributed by atoms with Crippen LogP contribution in [-0.4, -0.2) is 60.0 Å². The number of anilines is 1. The highest BCUT2D eigenvalue weighted by atomic mass is 32.1.